The SMILES string of the molecule is CS(=O)(=O)N1CC(C(=O)NCCOc2ccc(S(=O)(=O)N3CCCC3)cc2)Oc2ccccc21. The Hall–Kier alpha value is -2.83. The van der Waals surface area contributed by atoms with Crippen LogP contribution in [0.3, 0.4) is 0 Å². The van der Waals surface area contributed by atoms with E-state index in [-0.39, 0.29) is 24.6 Å². The molecule has 1 saturated heterocycles. The molecule has 2 heterocycles. The van der Waals surface area contributed by atoms with Gasteiger partial charge >= 0.3 is 0 Å². The van der Waals surface area contributed by atoms with Gasteiger partial charge in [-0.25, -0.2) is 16.8 Å². The highest BCUT2D eigenvalue weighted by Gasteiger charge is 2.34. The Morgan fingerprint density at radius 2 is 1.74 bits per heavy atom. The van der Waals surface area contributed by atoms with Gasteiger partial charge < -0.3 is 14.8 Å². The van der Waals surface area contributed by atoms with Crippen molar-refractivity contribution < 1.29 is 31.1 Å². The number of para-hydroxylation sites is 2. The van der Waals surface area contributed by atoms with Crippen LogP contribution in [0.4, 0.5) is 5.69 Å². The van der Waals surface area contributed by atoms with E-state index in [2.05, 4.69) is 5.32 Å². The number of nitrogens with zero attached hydrogens (tertiary/aromatic N) is 2. The number of hydrogen-bond acceptors (Lipinski definition) is 7. The van der Waals surface area contributed by atoms with Crippen molar-refractivity contribution in [1.29, 1.82) is 0 Å². The lowest BCUT2D eigenvalue weighted by atomic mass is 10.2. The minimum absolute atomic E-state index is 0.129. The van der Waals surface area contributed by atoms with Crippen LogP contribution in [0.1, 0.15) is 12.8 Å². The first kappa shape index (κ1) is 24.3. The highest BCUT2D eigenvalue weighted by atomic mass is 32.2. The van der Waals surface area contributed by atoms with Gasteiger partial charge in [0.1, 0.15) is 18.1 Å². The molecule has 0 spiro atoms. The summed E-state index contributed by atoms with van der Waals surface area (Å²) in [5, 5.41) is 2.69. The quantitative estimate of drug-likeness (QED) is 0.531. The fraction of sp³-hybridized carbons (Fsp3) is 0.409. The monoisotopic (exact) mass is 509 g/mol. The Morgan fingerprint density at radius 1 is 1.06 bits per heavy atom. The molecule has 184 valence electrons. The summed E-state index contributed by atoms with van der Waals surface area (Å²) in [6, 6.07) is 12.8. The first-order valence-corrected chi connectivity index (χ1v) is 14.2. The normalized spacial score (nSPS) is 18.7. The maximum absolute atomic E-state index is 12.6. The van der Waals surface area contributed by atoms with E-state index >= 15 is 0 Å². The standard InChI is InChI=1S/C22H27N3O7S2/c1-33(27,28)25-16-21(32-20-7-3-2-6-19(20)25)22(26)23-12-15-31-17-8-10-18(11-9-17)34(29,30)24-13-4-5-14-24/h2-3,6-11,21H,4-5,12-16H2,1H3,(H,23,26). The van der Waals surface area contributed by atoms with Gasteiger partial charge in [0.25, 0.3) is 5.91 Å². The lowest BCUT2D eigenvalue weighted by Crippen LogP contribution is -2.51. The van der Waals surface area contributed by atoms with Crippen LogP contribution in [0.15, 0.2) is 53.4 Å². The molecule has 1 unspecified atom stereocenters. The second kappa shape index (κ2) is 9.80. The summed E-state index contributed by atoms with van der Waals surface area (Å²) in [5.74, 6) is 0.332. The fourth-order valence-electron chi connectivity index (χ4n) is 3.90. The Labute approximate surface area is 199 Å². The molecule has 0 bridgehead atoms. The predicted molar refractivity (Wildman–Crippen MR) is 126 cm³/mol. The van der Waals surface area contributed by atoms with Crippen molar-refractivity contribution in [3.05, 3.63) is 48.5 Å². The van der Waals surface area contributed by atoms with Gasteiger partial charge in [0, 0.05) is 13.1 Å². The summed E-state index contributed by atoms with van der Waals surface area (Å²) in [5.41, 5.74) is 0.396. The number of hydrogen-bond donors (Lipinski definition) is 1. The third kappa shape index (κ3) is 5.29. The predicted octanol–water partition coefficient (Wildman–Crippen LogP) is 1.19. The molecule has 2 aromatic rings. The molecule has 1 fully saturated rings. The molecule has 12 heteroatoms. The van der Waals surface area contributed by atoms with Gasteiger partial charge in [-0.2, -0.15) is 4.31 Å². The zero-order valence-electron chi connectivity index (χ0n) is 18.7. The second-order valence-electron chi connectivity index (χ2n) is 8.09. The van der Waals surface area contributed by atoms with Crippen molar-refractivity contribution in [1.82, 2.24) is 9.62 Å². The van der Waals surface area contributed by atoms with Crippen LogP contribution in [0, 0.1) is 0 Å². The van der Waals surface area contributed by atoms with Crippen molar-refractivity contribution in [3.8, 4) is 11.5 Å². The van der Waals surface area contributed by atoms with E-state index in [1.54, 1.807) is 36.4 Å². The summed E-state index contributed by atoms with van der Waals surface area (Å²) in [6.07, 6.45) is 1.83. The van der Waals surface area contributed by atoms with Crippen molar-refractivity contribution in [2.75, 3.05) is 43.3 Å². The molecule has 4 rings (SSSR count). The van der Waals surface area contributed by atoms with Gasteiger partial charge in [0.15, 0.2) is 6.10 Å². The van der Waals surface area contributed by atoms with Crippen LogP contribution in [0.5, 0.6) is 11.5 Å². The summed E-state index contributed by atoms with van der Waals surface area (Å²) >= 11 is 0. The first-order valence-electron chi connectivity index (χ1n) is 10.9. The van der Waals surface area contributed by atoms with Gasteiger partial charge in [0.2, 0.25) is 20.0 Å². The summed E-state index contributed by atoms with van der Waals surface area (Å²) in [7, 11) is -7.06. The molecule has 1 amide bonds. The molecule has 0 aliphatic carbocycles. The molecule has 0 saturated carbocycles. The van der Waals surface area contributed by atoms with E-state index in [9.17, 15) is 21.6 Å². The molecular weight excluding hydrogens is 482 g/mol. The average Bonchev–Trinajstić information content (AvgIpc) is 3.37. The number of fused-ring (bicyclic) bond motifs is 1. The molecule has 2 aliphatic heterocycles. The lowest BCUT2D eigenvalue weighted by molar-refractivity contribution is -0.127. The van der Waals surface area contributed by atoms with Crippen LogP contribution >= 0.6 is 0 Å². The molecule has 0 radical (unpaired) electrons. The number of benzene rings is 2. The molecule has 0 aromatic heterocycles. The van der Waals surface area contributed by atoms with Crippen molar-refractivity contribution >= 4 is 31.6 Å². The fourth-order valence-corrected chi connectivity index (χ4v) is 6.33. The van der Waals surface area contributed by atoms with E-state index in [1.807, 2.05) is 0 Å². The third-order valence-electron chi connectivity index (χ3n) is 5.62. The van der Waals surface area contributed by atoms with E-state index in [0.717, 1.165) is 23.4 Å². The Balaban J connectivity index is 1.29. The largest absolute Gasteiger partial charge is 0.492 e. The molecule has 10 nitrogen and oxygen atoms in total. The number of carbonyl (C=O) groups excluding carboxylic acids is 1. The number of anilines is 1. The summed E-state index contributed by atoms with van der Waals surface area (Å²) in [6.45, 7) is 1.25. The number of rotatable bonds is 8. The summed E-state index contributed by atoms with van der Waals surface area (Å²) in [4.78, 5) is 12.8. The number of ether oxygens (including phenoxy) is 2. The van der Waals surface area contributed by atoms with Crippen molar-refractivity contribution in [2.24, 2.45) is 0 Å². The third-order valence-corrected chi connectivity index (χ3v) is 8.68. The van der Waals surface area contributed by atoms with E-state index < -0.39 is 32.1 Å². The van der Waals surface area contributed by atoms with E-state index in [0.29, 0.717) is 30.3 Å². The number of carbonyl (C=O) groups is 1. The van der Waals surface area contributed by atoms with Crippen molar-refractivity contribution in [3.63, 3.8) is 0 Å². The highest BCUT2D eigenvalue weighted by Crippen LogP contribution is 2.34. The van der Waals surface area contributed by atoms with Gasteiger partial charge in [0.05, 0.1) is 29.9 Å². The molecule has 34 heavy (non-hydrogen) atoms. The molecular formula is C22H27N3O7S2. The molecule has 2 aromatic carbocycles. The van der Waals surface area contributed by atoms with Crippen LogP contribution in [0.2, 0.25) is 0 Å². The molecule has 2 aliphatic rings. The number of amides is 1. The van der Waals surface area contributed by atoms with Crippen molar-refractivity contribution in [2.45, 2.75) is 23.8 Å². The smallest absolute Gasteiger partial charge is 0.263 e. The summed E-state index contributed by atoms with van der Waals surface area (Å²) < 4.78 is 63.4. The minimum atomic E-state index is -3.58. The van der Waals surface area contributed by atoms with Crippen LogP contribution in [-0.2, 0) is 24.8 Å². The first-order chi connectivity index (χ1) is 16.2. The van der Waals surface area contributed by atoms with Gasteiger partial charge in [-0.1, -0.05) is 12.1 Å². The topological polar surface area (TPSA) is 122 Å². The van der Waals surface area contributed by atoms with Gasteiger partial charge in [-0.3, -0.25) is 9.10 Å². The van der Waals surface area contributed by atoms with Gasteiger partial charge in [-0.15, -0.1) is 0 Å². The van der Waals surface area contributed by atoms with Crippen LogP contribution in [-0.4, -0.2) is 72.2 Å². The lowest BCUT2D eigenvalue weighted by Gasteiger charge is -2.33. The maximum atomic E-state index is 12.6. The van der Waals surface area contributed by atoms with Crippen LogP contribution < -0.4 is 19.1 Å². The number of nitrogens with one attached hydrogen (secondary N) is 1. The number of sulfonamides is 2. The zero-order chi connectivity index (χ0) is 24.3. The second-order valence-corrected chi connectivity index (χ2v) is 11.9. The van der Waals surface area contributed by atoms with E-state index in [1.165, 1.54) is 16.4 Å². The zero-order valence-corrected chi connectivity index (χ0v) is 20.3. The Bertz CT molecular complexity index is 1240. The van der Waals surface area contributed by atoms with Gasteiger partial charge in [-0.05, 0) is 49.2 Å². The minimum Gasteiger partial charge on any atom is -0.492 e. The maximum Gasteiger partial charge on any atom is 0.263 e. The average molecular weight is 510 g/mol. The van der Waals surface area contributed by atoms with Crippen LogP contribution in [0.25, 0.3) is 0 Å². The Morgan fingerprint density at radius 3 is 2.41 bits per heavy atom. The Kier molecular flexibility index (Phi) is 7.01. The molecule has 1 N–H and O–H groups in total. The highest BCUT2D eigenvalue weighted by molar-refractivity contribution is 7.92. The van der Waals surface area contributed by atoms with E-state index in [4.69, 9.17) is 9.47 Å². The molecule has 1 atom stereocenters.